The van der Waals surface area contributed by atoms with E-state index in [0.29, 0.717) is 5.69 Å². The Morgan fingerprint density at radius 2 is 2.24 bits per heavy atom. The Balaban J connectivity index is 2.08. The standard InChI is InChI=1S/C13H20N4/c1-10-3-2-7-17(8-6-10)11-4-5-12(13(14)15)16-9-11/h4-5,9-10H,2-3,6-8H2,1H3,(H3,14,15). The Hall–Kier alpha value is -1.58. The Morgan fingerprint density at radius 3 is 2.88 bits per heavy atom. The molecule has 0 saturated carbocycles. The summed E-state index contributed by atoms with van der Waals surface area (Å²) in [5, 5.41) is 7.31. The molecule has 1 aliphatic heterocycles. The minimum absolute atomic E-state index is 0.0287. The van der Waals surface area contributed by atoms with Gasteiger partial charge < -0.3 is 10.6 Å². The molecular formula is C13H20N4. The molecule has 92 valence electrons. The summed E-state index contributed by atoms with van der Waals surface area (Å²) in [4.78, 5) is 6.59. The smallest absolute Gasteiger partial charge is 0.141 e. The lowest BCUT2D eigenvalue weighted by atomic mass is 10.0. The van der Waals surface area contributed by atoms with Gasteiger partial charge in [0.05, 0.1) is 11.9 Å². The van der Waals surface area contributed by atoms with Crippen molar-refractivity contribution in [1.29, 1.82) is 5.41 Å². The predicted molar refractivity (Wildman–Crippen MR) is 70.5 cm³/mol. The van der Waals surface area contributed by atoms with Gasteiger partial charge in [0, 0.05) is 13.1 Å². The van der Waals surface area contributed by atoms with Crippen LogP contribution >= 0.6 is 0 Å². The number of pyridine rings is 1. The lowest BCUT2D eigenvalue weighted by Crippen LogP contribution is -2.24. The second-order valence-electron chi connectivity index (χ2n) is 4.84. The van der Waals surface area contributed by atoms with Gasteiger partial charge in [0.15, 0.2) is 0 Å². The van der Waals surface area contributed by atoms with Crippen LogP contribution < -0.4 is 10.6 Å². The van der Waals surface area contributed by atoms with Gasteiger partial charge >= 0.3 is 0 Å². The molecule has 0 aliphatic carbocycles. The van der Waals surface area contributed by atoms with Crippen molar-refractivity contribution >= 4 is 11.5 Å². The number of anilines is 1. The van der Waals surface area contributed by atoms with Crippen LogP contribution in [0.5, 0.6) is 0 Å². The maximum Gasteiger partial charge on any atom is 0.141 e. The number of hydrogen-bond acceptors (Lipinski definition) is 3. The number of rotatable bonds is 2. The molecule has 1 aromatic heterocycles. The average molecular weight is 232 g/mol. The molecule has 1 aliphatic rings. The summed E-state index contributed by atoms with van der Waals surface area (Å²) in [6.07, 6.45) is 5.63. The largest absolute Gasteiger partial charge is 0.382 e. The number of hydrogen-bond donors (Lipinski definition) is 2. The van der Waals surface area contributed by atoms with Crippen LogP contribution in [0.2, 0.25) is 0 Å². The fourth-order valence-electron chi connectivity index (χ4n) is 2.25. The molecule has 2 heterocycles. The second-order valence-corrected chi connectivity index (χ2v) is 4.84. The third-order valence-electron chi connectivity index (χ3n) is 3.41. The van der Waals surface area contributed by atoms with Crippen molar-refractivity contribution in [2.24, 2.45) is 11.7 Å². The van der Waals surface area contributed by atoms with Crippen molar-refractivity contribution in [3.05, 3.63) is 24.0 Å². The van der Waals surface area contributed by atoms with E-state index in [1.807, 2.05) is 18.3 Å². The maximum absolute atomic E-state index is 7.31. The van der Waals surface area contributed by atoms with Gasteiger partial charge in [0.1, 0.15) is 11.5 Å². The summed E-state index contributed by atoms with van der Waals surface area (Å²) in [7, 11) is 0. The molecule has 2 rings (SSSR count). The van der Waals surface area contributed by atoms with Gasteiger partial charge in [-0.15, -0.1) is 0 Å². The molecule has 1 saturated heterocycles. The predicted octanol–water partition coefficient (Wildman–Crippen LogP) is 1.99. The lowest BCUT2D eigenvalue weighted by molar-refractivity contribution is 0.521. The van der Waals surface area contributed by atoms with Crippen LogP contribution in [0.4, 0.5) is 5.69 Å². The Labute approximate surface area is 102 Å². The summed E-state index contributed by atoms with van der Waals surface area (Å²) in [6, 6.07) is 3.84. The van der Waals surface area contributed by atoms with Gasteiger partial charge in [-0.05, 0) is 37.3 Å². The first-order chi connectivity index (χ1) is 8.16. The van der Waals surface area contributed by atoms with Gasteiger partial charge in [0.25, 0.3) is 0 Å². The second kappa shape index (κ2) is 5.17. The summed E-state index contributed by atoms with van der Waals surface area (Å²) in [5.41, 5.74) is 7.09. The Bertz CT molecular complexity index is 385. The Morgan fingerprint density at radius 1 is 1.41 bits per heavy atom. The van der Waals surface area contributed by atoms with Crippen molar-refractivity contribution in [3.8, 4) is 0 Å². The van der Waals surface area contributed by atoms with Crippen molar-refractivity contribution in [3.63, 3.8) is 0 Å². The molecule has 1 atom stereocenters. The third-order valence-corrected chi connectivity index (χ3v) is 3.41. The number of aromatic nitrogens is 1. The zero-order valence-corrected chi connectivity index (χ0v) is 10.3. The van der Waals surface area contributed by atoms with E-state index in [4.69, 9.17) is 11.1 Å². The first-order valence-electron chi connectivity index (χ1n) is 6.22. The van der Waals surface area contributed by atoms with Crippen molar-refractivity contribution < 1.29 is 0 Å². The SMILES string of the molecule is CC1CCCN(c2ccc(C(=N)N)nc2)CC1. The quantitative estimate of drug-likeness (QED) is 0.605. The van der Waals surface area contributed by atoms with Crippen molar-refractivity contribution in [1.82, 2.24) is 4.98 Å². The number of nitrogen functional groups attached to an aromatic ring is 1. The molecule has 1 aromatic rings. The number of nitrogens with two attached hydrogens (primary N) is 1. The van der Waals surface area contributed by atoms with E-state index in [9.17, 15) is 0 Å². The van der Waals surface area contributed by atoms with E-state index in [1.54, 1.807) is 0 Å². The van der Waals surface area contributed by atoms with Gasteiger partial charge in [0.2, 0.25) is 0 Å². The van der Waals surface area contributed by atoms with E-state index in [-0.39, 0.29) is 5.84 Å². The Kier molecular flexibility index (Phi) is 3.61. The van der Waals surface area contributed by atoms with Gasteiger partial charge in [-0.25, -0.2) is 0 Å². The third kappa shape index (κ3) is 2.96. The molecule has 0 spiro atoms. The highest BCUT2D eigenvalue weighted by Crippen LogP contribution is 2.21. The maximum atomic E-state index is 7.31. The first-order valence-corrected chi connectivity index (χ1v) is 6.22. The molecule has 1 unspecified atom stereocenters. The van der Waals surface area contributed by atoms with E-state index in [2.05, 4.69) is 16.8 Å². The highest BCUT2D eigenvalue weighted by molar-refractivity contribution is 5.93. The fraction of sp³-hybridized carbons (Fsp3) is 0.538. The van der Waals surface area contributed by atoms with E-state index in [0.717, 1.165) is 24.7 Å². The molecule has 0 radical (unpaired) electrons. The summed E-state index contributed by atoms with van der Waals surface area (Å²) in [6.45, 7) is 4.52. The van der Waals surface area contributed by atoms with Crippen LogP contribution in [0.3, 0.4) is 0 Å². The highest BCUT2D eigenvalue weighted by atomic mass is 15.1. The van der Waals surface area contributed by atoms with Crippen molar-refractivity contribution in [2.45, 2.75) is 26.2 Å². The zero-order valence-electron chi connectivity index (χ0n) is 10.3. The summed E-state index contributed by atoms with van der Waals surface area (Å²) in [5.74, 6) is 0.852. The molecule has 0 aromatic carbocycles. The number of amidine groups is 1. The highest BCUT2D eigenvalue weighted by Gasteiger charge is 2.14. The molecule has 4 heteroatoms. The van der Waals surface area contributed by atoms with Crippen LogP contribution in [0.15, 0.2) is 18.3 Å². The molecule has 0 amide bonds. The van der Waals surface area contributed by atoms with Crippen LogP contribution in [0.1, 0.15) is 31.9 Å². The average Bonchev–Trinajstić information content (AvgIpc) is 2.54. The zero-order chi connectivity index (χ0) is 12.3. The topological polar surface area (TPSA) is 66.0 Å². The van der Waals surface area contributed by atoms with Gasteiger partial charge in [-0.2, -0.15) is 0 Å². The molecule has 1 fully saturated rings. The fourth-order valence-corrected chi connectivity index (χ4v) is 2.25. The summed E-state index contributed by atoms with van der Waals surface area (Å²) >= 11 is 0. The minimum Gasteiger partial charge on any atom is -0.382 e. The molecule has 0 bridgehead atoms. The normalized spacial score (nSPS) is 21.0. The number of nitrogens with one attached hydrogen (secondary N) is 1. The van der Waals surface area contributed by atoms with Gasteiger partial charge in [-0.1, -0.05) is 6.92 Å². The first kappa shape index (κ1) is 11.9. The molecular weight excluding hydrogens is 212 g/mol. The van der Waals surface area contributed by atoms with E-state index >= 15 is 0 Å². The van der Waals surface area contributed by atoms with E-state index in [1.165, 1.54) is 19.3 Å². The van der Waals surface area contributed by atoms with Crippen LogP contribution in [-0.2, 0) is 0 Å². The molecule has 3 N–H and O–H groups in total. The molecule has 4 nitrogen and oxygen atoms in total. The van der Waals surface area contributed by atoms with Crippen molar-refractivity contribution in [2.75, 3.05) is 18.0 Å². The molecule has 17 heavy (non-hydrogen) atoms. The van der Waals surface area contributed by atoms with Crippen LogP contribution in [-0.4, -0.2) is 23.9 Å². The summed E-state index contributed by atoms with van der Waals surface area (Å²) < 4.78 is 0. The van der Waals surface area contributed by atoms with Crippen LogP contribution in [0.25, 0.3) is 0 Å². The monoisotopic (exact) mass is 232 g/mol. The van der Waals surface area contributed by atoms with Crippen LogP contribution in [0, 0.1) is 11.3 Å². The lowest BCUT2D eigenvalue weighted by Gasteiger charge is -2.22. The van der Waals surface area contributed by atoms with Gasteiger partial charge in [-0.3, -0.25) is 10.4 Å². The minimum atomic E-state index is 0.0287. The van der Waals surface area contributed by atoms with E-state index < -0.39 is 0 Å². The number of nitrogens with zero attached hydrogens (tertiary/aromatic N) is 2.